The van der Waals surface area contributed by atoms with Crippen molar-refractivity contribution >= 4 is 28.3 Å². The van der Waals surface area contributed by atoms with E-state index in [1.165, 1.54) is 0 Å². The Morgan fingerprint density at radius 1 is 0.611 bits per heavy atom. The summed E-state index contributed by atoms with van der Waals surface area (Å²) in [6.45, 7) is 1.98. The van der Waals surface area contributed by atoms with Crippen LogP contribution in [0.5, 0.6) is 0 Å². The normalized spacial score (nSPS) is 11.6. The highest BCUT2D eigenvalue weighted by Gasteiger charge is 2.15. The molecule has 0 fully saturated rings. The maximum absolute atomic E-state index is 13.0. The van der Waals surface area contributed by atoms with Crippen molar-refractivity contribution in [3.63, 3.8) is 0 Å². The zero-order valence-corrected chi connectivity index (χ0v) is 19.9. The zero-order valence-electron chi connectivity index (χ0n) is 19.9. The molecule has 2 amide bonds. The van der Waals surface area contributed by atoms with Gasteiger partial charge in [-0.05, 0) is 64.7 Å². The van der Waals surface area contributed by atoms with Gasteiger partial charge in [0.1, 0.15) is 0 Å². The lowest BCUT2D eigenvalue weighted by Crippen LogP contribution is -2.27. The topological polar surface area (TPSA) is 58.2 Å². The Hall–Kier alpha value is -4.70. The predicted molar refractivity (Wildman–Crippen MR) is 146 cm³/mol. The average Bonchev–Trinajstić information content (AvgIpc) is 2.93. The minimum Gasteiger partial charge on any atom is -0.345 e. The summed E-state index contributed by atoms with van der Waals surface area (Å²) in [5.41, 5.74) is 4.81. The molecular formula is C32H26N2O2. The molecule has 1 atom stereocenters. The third-order valence-corrected chi connectivity index (χ3v) is 6.27. The van der Waals surface area contributed by atoms with Crippen LogP contribution in [0, 0.1) is 0 Å². The summed E-state index contributed by atoms with van der Waals surface area (Å²) < 4.78 is 0. The molecule has 0 bridgehead atoms. The highest BCUT2D eigenvalue weighted by molar-refractivity contribution is 6.05. The second-order valence-corrected chi connectivity index (χ2v) is 8.74. The van der Waals surface area contributed by atoms with Gasteiger partial charge in [0.05, 0.1) is 6.04 Å². The quantitative estimate of drug-likeness (QED) is 0.275. The number of rotatable bonds is 6. The molecule has 0 aliphatic heterocycles. The third-order valence-electron chi connectivity index (χ3n) is 6.27. The Balaban J connectivity index is 1.27. The molecule has 5 aromatic carbocycles. The number of hydrogen-bond acceptors (Lipinski definition) is 2. The van der Waals surface area contributed by atoms with E-state index in [1.807, 2.05) is 73.7 Å². The molecule has 36 heavy (non-hydrogen) atoms. The van der Waals surface area contributed by atoms with Gasteiger partial charge in [-0.3, -0.25) is 9.59 Å². The van der Waals surface area contributed by atoms with Crippen molar-refractivity contribution in [1.82, 2.24) is 5.32 Å². The maximum atomic E-state index is 13.0. The van der Waals surface area contributed by atoms with Gasteiger partial charge in [0.2, 0.25) is 0 Å². The Labute approximate surface area is 210 Å². The fraction of sp³-hybridized carbons (Fsp3) is 0.0625. The second-order valence-electron chi connectivity index (χ2n) is 8.74. The molecule has 5 aromatic rings. The molecule has 0 aliphatic rings. The van der Waals surface area contributed by atoms with Crippen LogP contribution in [0.3, 0.4) is 0 Å². The second kappa shape index (κ2) is 10.3. The molecule has 0 radical (unpaired) electrons. The number of carbonyl (C=O) groups is 2. The highest BCUT2D eigenvalue weighted by atomic mass is 16.2. The van der Waals surface area contributed by atoms with Gasteiger partial charge >= 0.3 is 0 Å². The first-order valence-electron chi connectivity index (χ1n) is 11.9. The summed E-state index contributed by atoms with van der Waals surface area (Å²) in [4.78, 5) is 25.8. The molecule has 4 nitrogen and oxygen atoms in total. The molecule has 0 heterocycles. The number of amides is 2. The van der Waals surface area contributed by atoms with Crippen LogP contribution in [-0.2, 0) is 0 Å². The molecule has 4 heteroatoms. The number of hydrogen-bond donors (Lipinski definition) is 2. The van der Waals surface area contributed by atoms with E-state index in [1.54, 1.807) is 36.4 Å². The van der Waals surface area contributed by atoms with Crippen LogP contribution in [0.1, 0.15) is 39.2 Å². The maximum Gasteiger partial charge on any atom is 0.255 e. The van der Waals surface area contributed by atoms with Gasteiger partial charge in [0.15, 0.2) is 0 Å². The summed E-state index contributed by atoms with van der Waals surface area (Å²) in [5, 5.41) is 8.24. The predicted octanol–water partition coefficient (Wildman–Crippen LogP) is 7.25. The lowest BCUT2D eigenvalue weighted by atomic mass is 9.99. The van der Waals surface area contributed by atoms with Crippen LogP contribution in [0.25, 0.3) is 21.9 Å². The molecular weight excluding hydrogens is 444 g/mol. The van der Waals surface area contributed by atoms with Crippen molar-refractivity contribution in [1.29, 1.82) is 0 Å². The van der Waals surface area contributed by atoms with Gasteiger partial charge < -0.3 is 10.6 Å². The summed E-state index contributed by atoms with van der Waals surface area (Å²) in [7, 11) is 0. The van der Waals surface area contributed by atoms with Crippen LogP contribution < -0.4 is 10.6 Å². The number of anilines is 1. The summed E-state index contributed by atoms with van der Waals surface area (Å²) in [5.74, 6) is -0.421. The monoisotopic (exact) mass is 470 g/mol. The van der Waals surface area contributed by atoms with E-state index < -0.39 is 0 Å². The van der Waals surface area contributed by atoms with Crippen LogP contribution >= 0.6 is 0 Å². The number of benzene rings is 5. The van der Waals surface area contributed by atoms with Crippen LogP contribution in [0.4, 0.5) is 5.69 Å². The van der Waals surface area contributed by atoms with E-state index in [0.717, 1.165) is 27.5 Å². The Morgan fingerprint density at radius 3 is 2.08 bits per heavy atom. The van der Waals surface area contributed by atoms with Crippen molar-refractivity contribution in [3.05, 3.63) is 138 Å². The lowest BCUT2D eigenvalue weighted by Gasteiger charge is -2.17. The minimum atomic E-state index is -0.226. The third kappa shape index (κ3) is 5.03. The standard InChI is InChI=1S/C32H26N2O2/c1-22(29-16-8-12-25-11-5-6-15-30(25)29)33-32(36)27-13-7-14-28(21-27)34-31(35)26-19-17-24(18-20-26)23-9-3-2-4-10-23/h2-22H,1H3,(H,33,36)(H,34,35)/t22-/m1/s1. The Morgan fingerprint density at radius 2 is 1.28 bits per heavy atom. The summed E-state index contributed by atoms with van der Waals surface area (Å²) in [6, 6.07) is 38.6. The summed E-state index contributed by atoms with van der Waals surface area (Å²) in [6.07, 6.45) is 0. The SMILES string of the molecule is C[C@@H](NC(=O)c1cccc(NC(=O)c2ccc(-c3ccccc3)cc2)c1)c1cccc2ccccc12. The van der Waals surface area contributed by atoms with E-state index in [2.05, 4.69) is 28.8 Å². The zero-order chi connectivity index (χ0) is 24.9. The highest BCUT2D eigenvalue weighted by Crippen LogP contribution is 2.25. The smallest absolute Gasteiger partial charge is 0.255 e. The first-order valence-corrected chi connectivity index (χ1v) is 11.9. The minimum absolute atomic E-state index is 0.176. The molecule has 176 valence electrons. The van der Waals surface area contributed by atoms with Gasteiger partial charge in [-0.2, -0.15) is 0 Å². The first-order chi connectivity index (χ1) is 17.6. The van der Waals surface area contributed by atoms with Crippen molar-refractivity contribution < 1.29 is 9.59 Å². The van der Waals surface area contributed by atoms with E-state index in [4.69, 9.17) is 0 Å². The van der Waals surface area contributed by atoms with Crippen LogP contribution in [-0.4, -0.2) is 11.8 Å². The van der Waals surface area contributed by atoms with Crippen molar-refractivity contribution in [2.75, 3.05) is 5.32 Å². The molecule has 0 saturated heterocycles. The average molecular weight is 471 g/mol. The first kappa shape index (κ1) is 23.1. The molecule has 0 unspecified atom stereocenters. The van der Waals surface area contributed by atoms with Crippen molar-refractivity contribution in [3.8, 4) is 11.1 Å². The van der Waals surface area contributed by atoms with Crippen LogP contribution in [0.2, 0.25) is 0 Å². The summed E-state index contributed by atoms with van der Waals surface area (Å²) >= 11 is 0. The van der Waals surface area contributed by atoms with E-state index >= 15 is 0 Å². The largest absolute Gasteiger partial charge is 0.345 e. The van der Waals surface area contributed by atoms with Gasteiger partial charge in [0.25, 0.3) is 11.8 Å². The van der Waals surface area contributed by atoms with E-state index in [9.17, 15) is 9.59 Å². The number of fused-ring (bicyclic) bond motifs is 1. The van der Waals surface area contributed by atoms with Gasteiger partial charge in [-0.15, -0.1) is 0 Å². The Bertz CT molecular complexity index is 1520. The molecule has 0 saturated carbocycles. The fourth-order valence-electron chi connectivity index (χ4n) is 4.37. The number of nitrogens with one attached hydrogen (secondary N) is 2. The van der Waals surface area contributed by atoms with Crippen LogP contribution in [0.15, 0.2) is 121 Å². The van der Waals surface area contributed by atoms with Gasteiger partial charge in [0, 0.05) is 16.8 Å². The molecule has 0 aliphatic carbocycles. The van der Waals surface area contributed by atoms with Crippen molar-refractivity contribution in [2.24, 2.45) is 0 Å². The van der Waals surface area contributed by atoms with Gasteiger partial charge in [-0.25, -0.2) is 0 Å². The fourth-order valence-corrected chi connectivity index (χ4v) is 4.37. The lowest BCUT2D eigenvalue weighted by molar-refractivity contribution is 0.0939. The van der Waals surface area contributed by atoms with Crippen molar-refractivity contribution in [2.45, 2.75) is 13.0 Å². The van der Waals surface area contributed by atoms with E-state index in [0.29, 0.717) is 16.8 Å². The van der Waals surface area contributed by atoms with Gasteiger partial charge in [-0.1, -0.05) is 91.0 Å². The number of carbonyl (C=O) groups excluding carboxylic acids is 2. The van der Waals surface area contributed by atoms with E-state index in [-0.39, 0.29) is 17.9 Å². The molecule has 0 aromatic heterocycles. The molecule has 0 spiro atoms. The molecule has 5 rings (SSSR count). The Kier molecular flexibility index (Phi) is 6.59. The molecule has 2 N–H and O–H groups in total.